The van der Waals surface area contributed by atoms with E-state index in [9.17, 15) is 19.3 Å². The number of ether oxygens (including phenoxy) is 4. The van der Waals surface area contributed by atoms with Gasteiger partial charge in [-0.1, -0.05) is 6.07 Å². The molecule has 1 fully saturated rings. The lowest BCUT2D eigenvalue weighted by Gasteiger charge is -2.34. The highest BCUT2D eigenvalue weighted by molar-refractivity contribution is 6.00. The maximum atomic E-state index is 14.0. The lowest BCUT2D eigenvalue weighted by molar-refractivity contribution is -0.386. The Hall–Kier alpha value is -3.60. The molecule has 1 heterocycles. The smallest absolute Gasteiger partial charge is 0.327 e. The fourth-order valence-corrected chi connectivity index (χ4v) is 3.83. The van der Waals surface area contributed by atoms with E-state index < -0.39 is 22.3 Å². The molecule has 0 atom stereocenters. The van der Waals surface area contributed by atoms with E-state index in [2.05, 4.69) is 4.90 Å². The van der Waals surface area contributed by atoms with Crippen LogP contribution in [0.4, 0.5) is 10.1 Å². The zero-order valence-corrected chi connectivity index (χ0v) is 18.9. The number of nitrogens with zero attached hydrogens (tertiary/aromatic N) is 3. The van der Waals surface area contributed by atoms with Crippen LogP contribution in [0.2, 0.25) is 0 Å². The number of halogens is 1. The molecule has 1 saturated heterocycles. The van der Waals surface area contributed by atoms with Crippen molar-refractivity contribution in [3.05, 3.63) is 51.3 Å². The first-order valence-electron chi connectivity index (χ1n) is 10.2. The first kappa shape index (κ1) is 24.1. The van der Waals surface area contributed by atoms with Crippen molar-refractivity contribution in [2.75, 3.05) is 54.6 Å². The van der Waals surface area contributed by atoms with Gasteiger partial charge >= 0.3 is 5.69 Å². The molecule has 0 aliphatic carbocycles. The number of nitro groups is 1. The lowest BCUT2D eigenvalue weighted by Crippen LogP contribution is -2.48. The van der Waals surface area contributed by atoms with Gasteiger partial charge < -0.3 is 23.8 Å². The van der Waals surface area contributed by atoms with Crippen LogP contribution in [0, 0.1) is 15.9 Å². The molecule has 1 aliphatic rings. The Labute approximate surface area is 190 Å². The Kier molecular flexibility index (Phi) is 7.54. The molecule has 0 spiro atoms. The molecule has 0 bridgehead atoms. The van der Waals surface area contributed by atoms with Crippen molar-refractivity contribution in [2.45, 2.75) is 6.54 Å². The average Bonchev–Trinajstić information content (AvgIpc) is 2.82. The summed E-state index contributed by atoms with van der Waals surface area (Å²) in [7, 11) is 5.38. The van der Waals surface area contributed by atoms with Gasteiger partial charge in [0, 0.05) is 38.8 Å². The van der Waals surface area contributed by atoms with Crippen LogP contribution in [0.15, 0.2) is 24.3 Å². The Morgan fingerprint density at radius 2 is 1.61 bits per heavy atom. The molecule has 2 aromatic carbocycles. The largest absolute Gasteiger partial charge is 0.494 e. The van der Waals surface area contributed by atoms with E-state index in [0.29, 0.717) is 32.7 Å². The molecule has 3 rings (SSSR count). The summed E-state index contributed by atoms with van der Waals surface area (Å²) in [5.74, 6) is -0.732. The van der Waals surface area contributed by atoms with Gasteiger partial charge in [0.25, 0.3) is 5.91 Å². The maximum absolute atomic E-state index is 14.0. The molecule has 11 heteroatoms. The van der Waals surface area contributed by atoms with Crippen molar-refractivity contribution < 1.29 is 33.1 Å². The van der Waals surface area contributed by atoms with Gasteiger partial charge in [-0.3, -0.25) is 19.8 Å². The van der Waals surface area contributed by atoms with E-state index in [1.807, 2.05) is 0 Å². The van der Waals surface area contributed by atoms with Gasteiger partial charge in [0.05, 0.1) is 33.4 Å². The minimum atomic E-state index is -0.664. The van der Waals surface area contributed by atoms with E-state index >= 15 is 0 Å². The SMILES string of the molecule is COc1ccc(CN2CCN(C(=O)c3cc(OC)c(OC)c(OC)c3[N+](=O)[O-])CC2)cc1F. The third kappa shape index (κ3) is 4.92. The second-order valence-electron chi connectivity index (χ2n) is 7.34. The summed E-state index contributed by atoms with van der Waals surface area (Å²) in [4.78, 5) is 28.0. The maximum Gasteiger partial charge on any atom is 0.327 e. The minimum absolute atomic E-state index is 0.0415. The van der Waals surface area contributed by atoms with E-state index in [0.717, 1.165) is 5.56 Å². The molecule has 0 saturated carbocycles. The first-order valence-corrected chi connectivity index (χ1v) is 10.2. The topological polar surface area (TPSA) is 104 Å². The van der Waals surface area contributed by atoms with Crippen LogP contribution in [0.5, 0.6) is 23.0 Å². The number of carbonyl (C=O) groups excluding carboxylic acids is 1. The normalized spacial score (nSPS) is 14.0. The number of methoxy groups -OCH3 is 4. The summed E-state index contributed by atoms with van der Waals surface area (Å²) in [6, 6.07) is 6.09. The number of amides is 1. The van der Waals surface area contributed by atoms with Crippen LogP contribution < -0.4 is 18.9 Å². The van der Waals surface area contributed by atoms with Crippen LogP contribution in [-0.4, -0.2) is 75.2 Å². The summed E-state index contributed by atoms with van der Waals surface area (Å²) in [6.07, 6.45) is 0. The number of piperazine rings is 1. The van der Waals surface area contributed by atoms with E-state index in [4.69, 9.17) is 18.9 Å². The molecule has 1 amide bonds. The zero-order valence-electron chi connectivity index (χ0n) is 18.9. The van der Waals surface area contributed by atoms with Gasteiger partial charge in [0.1, 0.15) is 5.56 Å². The summed E-state index contributed by atoms with van der Waals surface area (Å²) >= 11 is 0. The molecule has 33 heavy (non-hydrogen) atoms. The molecular formula is C22H26FN3O7. The average molecular weight is 463 g/mol. The fourth-order valence-electron chi connectivity index (χ4n) is 3.83. The molecule has 0 unspecified atom stereocenters. The van der Waals surface area contributed by atoms with E-state index in [1.54, 1.807) is 17.0 Å². The van der Waals surface area contributed by atoms with Gasteiger partial charge in [-0.25, -0.2) is 4.39 Å². The zero-order chi connectivity index (χ0) is 24.1. The summed E-state index contributed by atoms with van der Waals surface area (Å²) in [5, 5.41) is 11.8. The Bertz CT molecular complexity index is 1040. The van der Waals surface area contributed by atoms with Gasteiger partial charge in [-0.05, 0) is 17.7 Å². The van der Waals surface area contributed by atoms with Crippen LogP contribution in [0.25, 0.3) is 0 Å². The van der Waals surface area contributed by atoms with E-state index in [1.165, 1.54) is 40.6 Å². The van der Waals surface area contributed by atoms with Crippen LogP contribution in [0.1, 0.15) is 15.9 Å². The molecule has 0 radical (unpaired) electrons. The number of hydrogen-bond acceptors (Lipinski definition) is 8. The van der Waals surface area contributed by atoms with Crippen LogP contribution >= 0.6 is 0 Å². The second kappa shape index (κ2) is 10.3. The van der Waals surface area contributed by atoms with Gasteiger partial charge in [0.15, 0.2) is 17.3 Å². The lowest BCUT2D eigenvalue weighted by atomic mass is 10.1. The van der Waals surface area contributed by atoms with Crippen LogP contribution in [-0.2, 0) is 6.54 Å². The Morgan fingerprint density at radius 1 is 0.970 bits per heavy atom. The Morgan fingerprint density at radius 3 is 2.12 bits per heavy atom. The van der Waals surface area contributed by atoms with Crippen molar-refractivity contribution in [1.82, 2.24) is 9.80 Å². The molecular weight excluding hydrogens is 437 g/mol. The number of hydrogen-bond donors (Lipinski definition) is 0. The van der Waals surface area contributed by atoms with Crippen LogP contribution in [0.3, 0.4) is 0 Å². The second-order valence-corrected chi connectivity index (χ2v) is 7.34. The first-order chi connectivity index (χ1) is 15.8. The predicted molar refractivity (Wildman–Crippen MR) is 117 cm³/mol. The molecule has 0 aromatic heterocycles. The van der Waals surface area contributed by atoms with Gasteiger partial charge in [-0.15, -0.1) is 0 Å². The van der Waals surface area contributed by atoms with E-state index in [-0.39, 0.29) is 28.6 Å². The highest BCUT2D eigenvalue weighted by Crippen LogP contribution is 2.46. The van der Waals surface area contributed by atoms with Gasteiger partial charge in [0.2, 0.25) is 11.5 Å². The number of nitro benzene ring substituents is 1. The Balaban J connectivity index is 1.78. The van der Waals surface area contributed by atoms with Crippen molar-refractivity contribution in [3.63, 3.8) is 0 Å². The minimum Gasteiger partial charge on any atom is -0.494 e. The molecule has 178 valence electrons. The quantitative estimate of drug-likeness (QED) is 0.435. The van der Waals surface area contributed by atoms with Crippen molar-refractivity contribution in [1.29, 1.82) is 0 Å². The molecule has 1 aliphatic heterocycles. The summed E-state index contributed by atoms with van der Waals surface area (Å²) in [5.41, 5.74) is 0.171. The highest BCUT2D eigenvalue weighted by atomic mass is 19.1. The molecule has 2 aromatic rings. The number of benzene rings is 2. The molecule has 10 nitrogen and oxygen atoms in total. The molecule has 0 N–H and O–H groups in total. The van der Waals surface area contributed by atoms with Crippen molar-refractivity contribution in [3.8, 4) is 23.0 Å². The van der Waals surface area contributed by atoms with Crippen molar-refractivity contribution in [2.24, 2.45) is 0 Å². The standard InChI is InChI=1S/C22H26FN3O7/c1-30-17-6-5-14(11-16(17)23)13-24-7-9-25(10-8-24)22(27)15-12-18(31-2)20(32-3)21(33-4)19(15)26(28)29/h5-6,11-12H,7-10,13H2,1-4H3. The number of carbonyl (C=O) groups is 1. The van der Waals surface area contributed by atoms with Gasteiger partial charge in [-0.2, -0.15) is 0 Å². The third-order valence-electron chi connectivity index (χ3n) is 5.50. The monoisotopic (exact) mass is 463 g/mol. The summed E-state index contributed by atoms with van der Waals surface area (Å²) < 4.78 is 34.6. The van der Waals surface area contributed by atoms with Crippen molar-refractivity contribution >= 4 is 11.6 Å². The highest BCUT2D eigenvalue weighted by Gasteiger charge is 2.35. The fraction of sp³-hybridized carbons (Fsp3) is 0.409. The number of rotatable bonds is 8. The summed E-state index contributed by atoms with van der Waals surface area (Å²) in [6.45, 7) is 2.26. The third-order valence-corrected chi connectivity index (χ3v) is 5.50. The predicted octanol–water partition coefficient (Wildman–Crippen LogP) is 2.73.